The zero-order chi connectivity index (χ0) is 12.1. The topological polar surface area (TPSA) is 33.1 Å². The first-order valence-electron chi connectivity index (χ1n) is 5.85. The molecule has 0 aliphatic heterocycles. The first-order valence-corrected chi connectivity index (χ1v) is 5.85. The van der Waals surface area contributed by atoms with Gasteiger partial charge < -0.3 is 14.8 Å². The molecule has 0 amide bonds. The van der Waals surface area contributed by atoms with Crippen LogP contribution in [0.5, 0.6) is 0 Å². The summed E-state index contributed by atoms with van der Waals surface area (Å²) in [6, 6.07) is 0.506. The summed E-state index contributed by atoms with van der Waals surface area (Å²) in [6.45, 7) is 6.39. The van der Waals surface area contributed by atoms with Gasteiger partial charge in [0, 0.05) is 32.0 Å². The molecule has 0 aromatic carbocycles. The molecule has 0 fully saturated rings. The van der Waals surface area contributed by atoms with Crippen molar-refractivity contribution in [1.29, 1.82) is 0 Å². The van der Waals surface area contributed by atoms with E-state index in [1.165, 1.54) is 0 Å². The van der Waals surface area contributed by atoms with Gasteiger partial charge in [0.15, 0.2) is 0 Å². The molecular weight excluding hydrogens is 200 g/mol. The van der Waals surface area contributed by atoms with Crippen LogP contribution in [0.1, 0.15) is 19.7 Å². The number of nitrogens with one attached hydrogen (secondary N) is 1. The Morgan fingerprint density at radius 3 is 2.56 bits per heavy atom. The summed E-state index contributed by atoms with van der Waals surface area (Å²) >= 11 is 0. The van der Waals surface area contributed by atoms with E-state index in [1.54, 1.807) is 0 Å². The van der Waals surface area contributed by atoms with Crippen LogP contribution in [0.4, 0.5) is 0 Å². The highest BCUT2D eigenvalue weighted by atomic mass is 15.1. The third-order valence-corrected chi connectivity index (χ3v) is 2.81. The van der Waals surface area contributed by atoms with E-state index in [1.807, 2.05) is 19.4 Å². The van der Waals surface area contributed by atoms with E-state index in [4.69, 9.17) is 0 Å². The lowest BCUT2D eigenvalue weighted by Crippen LogP contribution is -2.41. The standard InChI is InChI=1S/C12H24N4/c1-10(2)11(9-15(3)4)14-8-12-13-6-7-16(12)5/h6-7,10-11,14H,8-9H2,1-5H3. The van der Waals surface area contributed by atoms with Gasteiger partial charge in [0.25, 0.3) is 0 Å². The summed E-state index contributed by atoms with van der Waals surface area (Å²) in [5, 5.41) is 3.57. The largest absolute Gasteiger partial charge is 0.337 e. The molecule has 1 atom stereocenters. The first-order chi connectivity index (χ1) is 7.50. The van der Waals surface area contributed by atoms with Crippen LogP contribution in [-0.4, -0.2) is 41.1 Å². The van der Waals surface area contributed by atoms with Crippen molar-refractivity contribution in [2.75, 3.05) is 20.6 Å². The molecule has 0 aliphatic carbocycles. The summed E-state index contributed by atoms with van der Waals surface area (Å²) in [6.07, 6.45) is 3.82. The van der Waals surface area contributed by atoms with Gasteiger partial charge in [0.1, 0.15) is 5.82 Å². The van der Waals surface area contributed by atoms with Crippen LogP contribution in [0, 0.1) is 5.92 Å². The molecule has 0 radical (unpaired) electrons. The van der Waals surface area contributed by atoms with Crippen LogP contribution in [0.25, 0.3) is 0 Å². The molecule has 0 saturated carbocycles. The maximum atomic E-state index is 4.31. The highest BCUT2D eigenvalue weighted by Gasteiger charge is 2.14. The molecule has 92 valence electrons. The lowest BCUT2D eigenvalue weighted by molar-refractivity contribution is 0.286. The van der Waals surface area contributed by atoms with E-state index in [9.17, 15) is 0 Å². The van der Waals surface area contributed by atoms with Crippen molar-refractivity contribution in [2.24, 2.45) is 13.0 Å². The Kier molecular flexibility index (Phi) is 4.96. The van der Waals surface area contributed by atoms with Crippen molar-refractivity contribution in [3.63, 3.8) is 0 Å². The van der Waals surface area contributed by atoms with Crippen molar-refractivity contribution in [2.45, 2.75) is 26.4 Å². The van der Waals surface area contributed by atoms with Crippen LogP contribution in [0.2, 0.25) is 0 Å². The molecule has 0 bridgehead atoms. The normalized spacial score (nSPS) is 13.7. The van der Waals surface area contributed by atoms with Crippen molar-refractivity contribution in [3.8, 4) is 0 Å². The van der Waals surface area contributed by atoms with Crippen LogP contribution in [0.15, 0.2) is 12.4 Å². The van der Waals surface area contributed by atoms with Gasteiger partial charge in [0.05, 0.1) is 6.54 Å². The van der Waals surface area contributed by atoms with E-state index in [0.717, 1.165) is 18.9 Å². The Labute approximate surface area is 98.7 Å². The SMILES string of the molecule is CC(C)C(CN(C)C)NCc1nccn1C. The number of likely N-dealkylation sites (N-methyl/N-ethyl adjacent to an activating group) is 1. The van der Waals surface area contributed by atoms with Gasteiger partial charge in [-0.25, -0.2) is 4.98 Å². The molecule has 0 spiro atoms. The van der Waals surface area contributed by atoms with E-state index < -0.39 is 0 Å². The summed E-state index contributed by atoms with van der Waals surface area (Å²) in [7, 11) is 6.25. The number of rotatable bonds is 6. The van der Waals surface area contributed by atoms with E-state index >= 15 is 0 Å². The molecule has 1 aromatic rings. The number of nitrogens with zero attached hydrogens (tertiary/aromatic N) is 3. The Balaban J connectivity index is 2.47. The second-order valence-corrected chi connectivity index (χ2v) is 4.95. The Bertz CT molecular complexity index is 304. The molecule has 16 heavy (non-hydrogen) atoms. The summed E-state index contributed by atoms with van der Waals surface area (Å²) in [4.78, 5) is 6.53. The number of aromatic nitrogens is 2. The maximum absolute atomic E-state index is 4.31. The van der Waals surface area contributed by atoms with Gasteiger partial charge in [-0.2, -0.15) is 0 Å². The van der Waals surface area contributed by atoms with Gasteiger partial charge in [-0.15, -0.1) is 0 Å². The zero-order valence-corrected chi connectivity index (χ0v) is 11.1. The first kappa shape index (κ1) is 13.2. The average molecular weight is 224 g/mol. The zero-order valence-electron chi connectivity index (χ0n) is 11.1. The van der Waals surface area contributed by atoms with Gasteiger partial charge in [-0.1, -0.05) is 13.8 Å². The monoisotopic (exact) mass is 224 g/mol. The van der Waals surface area contributed by atoms with Crippen molar-refractivity contribution in [3.05, 3.63) is 18.2 Å². The predicted molar refractivity (Wildman–Crippen MR) is 67.2 cm³/mol. The number of hydrogen-bond acceptors (Lipinski definition) is 3. The third kappa shape index (κ3) is 3.94. The van der Waals surface area contributed by atoms with Gasteiger partial charge in [-0.3, -0.25) is 0 Å². The smallest absolute Gasteiger partial charge is 0.122 e. The summed E-state index contributed by atoms with van der Waals surface area (Å²) in [5.74, 6) is 1.71. The lowest BCUT2D eigenvalue weighted by atomic mass is 10.0. The molecular formula is C12H24N4. The van der Waals surface area contributed by atoms with Crippen molar-refractivity contribution < 1.29 is 0 Å². The van der Waals surface area contributed by atoms with E-state index in [2.05, 4.69) is 47.7 Å². The van der Waals surface area contributed by atoms with Gasteiger partial charge in [0.2, 0.25) is 0 Å². The Hall–Kier alpha value is -0.870. The fourth-order valence-corrected chi connectivity index (χ4v) is 1.69. The lowest BCUT2D eigenvalue weighted by Gasteiger charge is -2.25. The Morgan fingerprint density at radius 1 is 1.44 bits per heavy atom. The highest BCUT2D eigenvalue weighted by molar-refractivity contribution is 4.91. The second-order valence-electron chi connectivity index (χ2n) is 4.95. The summed E-state index contributed by atoms with van der Waals surface area (Å²) in [5.41, 5.74) is 0. The number of aryl methyl sites for hydroxylation is 1. The quantitative estimate of drug-likeness (QED) is 0.785. The second kappa shape index (κ2) is 6.01. The molecule has 4 nitrogen and oxygen atoms in total. The molecule has 0 aliphatic rings. The average Bonchev–Trinajstić information content (AvgIpc) is 2.57. The minimum Gasteiger partial charge on any atom is -0.337 e. The molecule has 1 rings (SSSR count). The third-order valence-electron chi connectivity index (χ3n) is 2.81. The fourth-order valence-electron chi connectivity index (χ4n) is 1.69. The van der Waals surface area contributed by atoms with Gasteiger partial charge >= 0.3 is 0 Å². The molecule has 0 saturated heterocycles. The molecule has 1 N–H and O–H groups in total. The van der Waals surface area contributed by atoms with Crippen LogP contribution >= 0.6 is 0 Å². The fraction of sp³-hybridized carbons (Fsp3) is 0.750. The van der Waals surface area contributed by atoms with Crippen molar-refractivity contribution >= 4 is 0 Å². The van der Waals surface area contributed by atoms with Crippen LogP contribution in [-0.2, 0) is 13.6 Å². The summed E-state index contributed by atoms with van der Waals surface area (Å²) < 4.78 is 2.06. The number of imidazole rings is 1. The molecule has 1 aromatic heterocycles. The Morgan fingerprint density at radius 2 is 2.12 bits per heavy atom. The van der Waals surface area contributed by atoms with Crippen LogP contribution < -0.4 is 5.32 Å². The highest BCUT2D eigenvalue weighted by Crippen LogP contribution is 2.04. The van der Waals surface area contributed by atoms with E-state index in [0.29, 0.717) is 12.0 Å². The van der Waals surface area contributed by atoms with Gasteiger partial charge in [-0.05, 0) is 20.0 Å². The minimum absolute atomic E-state index is 0.506. The minimum atomic E-state index is 0.506. The van der Waals surface area contributed by atoms with Crippen molar-refractivity contribution in [1.82, 2.24) is 19.8 Å². The predicted octanol–water partition coefficient (Wildman–Crippen LogP) is 1.10. The molecule has 1 unspecified atom stereocenters. The van der Waals surface area contributed by atoms with Crippen LogP contribution in [0.3, 0.4) is 0 Å². The van der Waals surface area contributed by atoms with E-state index in [-0.39, 0.29) is 0 Å². The molecule has 1 heterocycles. The maximum Gasteiger partial charge on any atom is 0.122 e. The number of hydrogen-bond donors (Lipinski definition) is 1. The molecule has 4 heteroatoms.